The molecule has 0 radical (unpaired) electrons. The van der Waals surface area contributed by atoms with Gasteiger partial charge in [0.15, 0.2) is 0 Å². The first-order valence-electron chi connectivity index (χ1n) is 5.17. The molecule has 1 N–H and O–H groups in total. The molecule has 1 atom stereocenters. The molecule has 16 heavy (non-hydrogen) atoms. The zero-order chi connectivity index (χ0) is 11.4. The molecule has 1 amide bonds. The number of hydrogen-bond acceptors (Lipinski definition) is 4. The highest BCUT2D eigenvalue weighted by atomic mass is 35.5. The topological polar surface area (TPSA) is 64.1 Å². The van der Waals surface area contributed by atoms with E-state index in [0.717, 1.165) is 19.3 Å². The Balaban J connectivity index is 1.96. The minimum absolute atomic E-state index is 0.207. The number of rotatable bonds is 2. The van der Waals surface area contributed by atoms with Gasteiger partial charge in [-0.2, -0.15) is 0 Å². The molecule has 1 unspecified atom stereocenters. The number of carbonyl (C=O) groups excluding carboxylic acids is 1. The van der Waals surface area contributed by atoms with Gasteiger partial charge >= 0.3 is 0 Å². The summed E-state index contributed by atoms with van der Waals surface area (Å²) in [6, 6.07) is 1.55. The molecule has 2 heterocycles. The summed E-state index contributed by atoms with van der Waals surface area (Å²) in [5.74, 6) is 0.00800. The van der Waals surface area contributed by atoms with Gasteiger partial charge in [-0.25, -0.2) is 9.97 Å². The lowest BCUT2D eigenvalue weighted by molar-refractivity contribution is -0.130. The fraction of sp³-hybridized carbons (Fsp3) is 0.500. The van der Waals surface area contributed by atoms with Gasteiger partial charge in [0, 0.05) is 12.8 Å². The van der Waals surface area contributed by atoms with Crippen LogP contribution in [0.2, 0.25) is 5.15 Å². The highest BCUT2D eigenvalue weighted by molar-refractivity contribution is 6.29. The number of ether oxygens (including phenoxy) is 1. The van der Waals surface area contributed by atoms with Crippen LogP contribution >= 0.6 is 11.6 Å². The lowest BCUT2D eigenvalue weighted by Gasteiger charge is -2.21. The molecule has 2 rings (SSSR count). The molecule has 1 aliphatic heterocycles. The molecule has 0 saturated carbocycles. The molecular formula is C10H12ClN3O2. The Kier molecular flexibility index (Phi) is 3.69. The Morgan fingerprint density at radius 2 is 2.44 bits per heavy atom. The highest BCUT2D eigenvalue weighted by Gasteiger charge is 2.22. The van der Waals surface area contributed by atoms with E-state index in [0.29, 0.717) is 11.8 Å². The van der Waals surface area contributed by atoms with Crippen LogP contribution in [-0.2, 0) is 9.53 Å². The van der Waals surface area contributed by atoms with Crippen molar-refractivity contribution in [1.82, 2.24) is 9.97 Å². The van der Waals surface area contributed by atoms with E-state index < -0.39 is 6.10 Å². The molecule has 0 aliphatic carbocycles. The van der Waals surface area contributed by atoms with Gasteiger partial charge in [0.1, 0.15) is 11.3 Å². The number of anilines is 1. The Morgan fingerprint density at radius 3 is 3.12 bits per heavy atom. The first-order chi connectivity index (χ1) is 7.75. The molecule has 1 aromatic heterocycles. The molecule has 6 heteroatoms. The van der Waals surface area contributed by atoms with E-state index in [1.807, 2.05) is 0 Å². The van der Waals surface area contributed by atoms with Gasteiger partial charge in [-0.05, 0) is 25.3 Å². The van der Waals surface area contributed by atoms with Crippen LogP contribution in [0.15, 0.2) is 12.3 Å². The van der Waals surface area contributed by atoms with Crippen LogP contribution in [0.3, 0.4) is 0 Å². The van der Waals surface area contributed by atoms with Gasteiger partial charge in [-0.1, -0.05) is 11.6 Å². The molecule has 1 fully saturated rings. The van der Waals surface area contributed by atoms with E-state index in [1.165, 1.54) is 6.20 Å². The lowest BCUT2D eigenvalue weighted by Crippen LogP contribution is -2.33. The fourth-order valence-corrected chi connectivity index (χ4v) is 1.67. The van der Waals surface area contributed by atoms with Crippen LogP contribution in [0.5, 0.6) is 0 Å². The van der Waals surface area contributed by atoms with Crippen molar-refractivity contribution in [2.45, 2.75) is 25.4 Å². The maximum atomic E-state index is 11.7. The third-order valence-electron chi connectivity index (χ3n) is 2.33. The Bertz CT molecular complexity index is 380. The zero-order valence-electron chi connectivity index (χ0n) is 8.65. The molecule has 1 aliphatic rings. The number of carbonyl (C=O) groups is 1. The molecule has 86 valence electrons. The van der Waals surface area contributed by atoms with Crippen molar-refractivity contribution in [2.75, 3.05) is 11.9 Å². The molecule has 0 aromatic carbocycles. The monoisotopic (exact) mass is 241 g/mol. The first kappa shape index (κ1) is 11.3. The average Bonchev–Trinajstić information content (AvgIpc) is 2.30. The molecule has 0 spiro atoms. The summed E-state index contributed by atoms with van der Waals surface area (Å²) in [7, 11) is 0. The van der Waals surface area contributed by atoms with Gasteiger partial charge in [-0.15, -0.1) is 0 Å². The van der Waals surface area contributed by atoms with E-state index in [-0.39, 0.29) is 11.9 Å². The van der Waals surface area contributed by atoms with Crippen LogP contribution in [0.4, 0.5) is 5.95 Å². The summed E-state index contributed by atoms with van der Waals surface area (Å²) in [6.07, 6.45) is 3.86. The number of nitrogens with zero attached hydrogens (tertiary/aromatic N) is 2. The summed E-state index contributed by atoms with van der Waals surface area (Å²) >= 11 is 5.68. The second-order valence-electron chi connectivity index (χ2n) is 3.55. The van der Waals surface area contributed by atoms with Crippen molar-refractivity contribution in [1.29, 1.82) is 0 Å². The van der Waals surface area contributed by atoms with Gasteiger partial charge in [-0.3, -0.25) is 10.1 Å². The first-order valence-corrected chi connectivity index (χ1v) is 5.54. The smallest absolute Gasteiger partial charge is 0.255 e. The minimum Gasteiger partial charge on any atom is -0.368 e. The number of hydrogen-bond donors (Lipinski definition) is 1. The Morgan fingerprint density at radius 1 is 1.56 bits per heavy atom. The van der Waals surface area contributed by atoms with Crippen LogP contribution in [-0.4, -0.2) is 28.6 Å². The SMILES string of the molecule is O=C(Nc1nccc(Cl)n1)C1CCCCO1. The summed E-state index contributed by atoms with van der Waals surface area (Å²) in [6.45, 7) is 0.633. The van der Waals surface area contributed by atoms with Gasteiger partial charge < -0.3 is 4.74 Å². The summed E-state index contributed by atoms with van der Waals surface area (Å²) in [5, 5.41) is 2.88. The van der Waals surface area contributed by atoms with Gasteiger partial charge in [0.2, 0.25) is 5.95 Å². The molecule has 5 nitrogen and oxygen atoms in total. The standard InChI is InChI=1S/C10H12ClN3O2/c11-8-4-5-12-10(13-8)14-9(15)7-3-1-2-6-16-7/h4-5,7H,1-3,6H2,(H,12,13,14,15). The van der Waals surface area contributed by atoms with Crippen LogP contribution in [0, 0.1) is 0 Å². The predicted octanol–water partition coefficient (Wildman–Crippen LogP) is 1.64. The Labute approximate surface area is 98.2 Å². The summed E-state index contributed by atoms with van der Waals surface area (Å²) < 4.78 is 5.34. The van der Waals surface area contributed by atoms with E-state index in [9.17, 15) is 4.79 Å². The fourth-order valence-electron chi connectivity index (χ4n) is 1.54. The summed E-state index contributed by atoms with van der Waals surface area (Å²) in [5.41, 5.74) is 0. The second-order valence-corrected chi connectivity index (χ2v) is 3.93. The van der Waals surface area contributed by atoms with Crippen molar-refractivity contribution < 1.29 is 9.53 Å². The van der Waals surface area contributed by atoms with E-state index in [4.69, 9.17) is 16.3 Å². The third kappa shape index (κ3) is 2.90. The maximum absolute atomic E-state index is 11.7. The molecular weight excluding hydrogens is 230 g/mol. The van der Waals surface area contributed by atoms with Crippen molar-refractivity contribution in [3.63, 3.8) is 0 Å². The van der Waals surface area contributed by atoms with Gasteiger partial charge in [0.05, 0.1) is 0 Å². The number of halogens is 1. The quantitative estimate of drug-likeness (QED) is 0.800. The predicted molar refractivity (Wildman–Crippen MR) is 59.3 cm³/mol. The van der Waals surface area contributed by atoms with Crippen molar-refractivity contribution in [2.24, 2.45) is 0 Å². The largest absolute Gasteiger partial charge is 0.368 e. The zero-order valence-corrected chi connectivity index (χ0v) is 9.41. The maximum Gasteiger partial charge on any atom is 0.255 e. The minimum atomic E-state index is -0.392. The number of amides is 1. The highest BCUT2D eigenvalue weighted by Crippen LogP contribution is 2.14. The molecule has 0 bridgehead atoms. The lowest BCUT2D eigenvalue weighted by atomic mass is 10.1. The average molecular weight is 242 g/mol. The van der Waals surface area contributed by atoms with E-state index in [2.05, 4.69) is 15.3 Å². The van der Waals surface area contributed by atoms with Crippen LogP contribution in [0.25, 0.3) is 0 Å². The Hall–Kier alpha value is -1.20. The van der Waals surface area contributed by atoms with Gasteiger partial charge in [0.25, 0.3) is 5.91 Å². The molecule has 1 saturated heterocycles. The number of nitrogens with one attached hydrogen (secondary N) is 1. The molecule has 1 aromatic rings. The number of aromatic nitrogens is 2. The second kappa shape index (κ2) is 5.23. The van der Waals surface area contributed by atoms with E-state index >= 15 is 0 Å². The van der Waals surface area contributed by atoms with Crippen molar-refractivity contribution in [3.05, 3.63) is 17.4 Å². The normalized spacial score (nSPS) is 20.4. The third-order valence-corrected chi connectivity index (χ3v) is 2.54. The van der Waals surface area contributed by atoms with Crippen LogP contribution < -0.4 is 5.32 Å². The van der Waals surface area contributed by atoms with Crippen LogP contribution in [0.1, 0.15) is 19.3 Å². The van der Waals surface area contributed by atoms with Crippen molar-refractivity contribution in [3.8, 4) is 0 Å². The summed E-state index contributed by atoms with van der Waals surface area (Å²) in [4.78, 5) is 19.5. The van der Waals surface area contributed by atoms with E-state index in [1.54, 1.807) is 6.07 Å². The van der Waals surface area contributed by atoms with Crippen molar-refractivity contribution >= 4 is 23.5 Å².